The maximum Gasteiger partial charge on any atom is 0.224 e. The van der Waals surface area contributed by atoms with Crippen molar-refractivity contribution in [3.05, 3.63) is 0 Å². The Kier molecular flexibility index (Phi) is 8.07. The first kappa shape index (κ1) is 16.4. The highest BCUT2D eigenvalue weighted by Crippen LogP contribution is 2.17. The Morgan fingerprint density at radius 1 is 1.42 bits per heavy atom. The molecule has 1 aliphatic rings. The average Bonchev–Trinajstić information content (AvgIpc) is 2.43. The van der Waals surface area contributed by atoms with Crippen LogP contribution in [0.15, 0.2) is 0 Å². The van der Waals surface area contributed by atoms with E-state index in [4.69, 9.17) is 0 Å². The van der Waals surface area contributed by atoms with Gasteiger partial charge in [-0.2, -0.15) is 0 Å². The van der Waals surface area contributed by atoms with Gasteiger partial charge in [0.1, 0.15) is 0 Å². The van der Waals surface area contributed by atoms with Crippen LogP contribution < -0.4 is 10.6 Å². The van der Waals surface area contributed by atoms with Gasteiger partial charge in [-0.1, -0.05) is 26.7 Å². The van der Waals surface area contributed by atoms with Gasteiger partial charge in [0.05, 0.1) is 0 Å². The summed E-state index contributed by atoms with van der Waals surface area (Å²) in [6.45, 7) is 8.16. The second-order valence-corrected chi connectivity index (χ2v) is 5.74. The molecular formula is C15H31N3O. The van der Waals surface area contributed by atoms with Gasteiger partial charge in [0.2, 0.25) is 5.91 Å². The minimum atomic E-state index is 0.0534. The van der Waals surface area contributed by atoms with Crippen LogP contribution in [0.1, 0.15) is 46.0 Å². The van der Waals surface area contributed by atoms with E-state index in [2.05, 4.69) is 22.5 Å². The molecule has 2 atom stereocenters. The number of unbranched alkanes of at least 4 members (excludes halogenated alkanes) is 1. The van der Waals surface area contributed by atoms with E-state index in [-0.39, 0.29) is 11.8 Å². The molecule has 1 aliphatic heterocycles. The molecule has 2 N–H and O–H groups in total. The number of hydrogen-bond donors (Lipinski definition) is 2. The van der Waals surface area contributed by atoms with Gasteiger partial charge in [0.15, 0.2) is 0 Å². The van der Waals surface area contributed by atoms with Crippen molar-refractivity contribution >= 4 is 5.91 Å². The zero-order chi connectivity index (χ0) is 14.1. The van der Waals surface area contributed by atoms with E-state index in [9.17, 15) is 4.79 Å². The Balaban J connectivity index is 2.33. The molecule has 0 spiro atoms. The van der Waals surface area contributed by atoms with Gasteiger partial charge < -0.3 is 10.6 Å². The number of rotatable bonds is 8. The molecule has 112 valence electrons. The third-order valence-corrected chi connectivity index (χ3v) is 4.02. The molecule has 1 saturated heterocycles. The molecule has 0 radical (unpaired) electrons. The van der Waals surface area contributed by atoms with Crippen LogP contribution in [-0.4, -0.2) is 50.1 Å². The van der Waals surface area contributed by atoms with Crippen LogP contribution >= 0.6 is 0 Å². The van der Waals surface area contributed by atoms with Crippen LogP contribution in [0.4, 0.5) is 0 Å². The second kappa shape index (κ2) is 9.32. The lowest BCUT2D eigenvalue weighted by molar-refractivity contribution is -0.124. The Morgan fingerprint density at radius 3 is 2.89 bits per heavy atom. The molecule has 4 nitrogen and oxygen atoms in total. The Morgan fingerprint density at radius 2 is 2.21 bits per heavy atom. The third kappa shape index (κ3) is 5.91. The van der Waals surface area contributed by atoms with Gasteiger partial charge in [0, 0.05) is 25.0 Å². The molecule has 1 heterocycles. The fourth-order valence-corrected chi connectivity index (χ4v) is 2.74. The van der Waals surface area contributed by atoms with E-state index in [0.717, 1.165) is 13.1 Å². The number of amides is 1. The lowest BCUT2D eigenvalue weighted by Gasteiger charge is -2.36. The van der Waals surface area contributed by atoms with E-state index in [1.54, 1.807) is 0 Å². The second-order valence-electron chi connectivity index (χ2n) is 5.74. The smallest absolute Gasteiger partial charge is 0.224 e. The quantitative estimate of drug-likeness (QED) is 0.704. The van der Waals surface area contributed by atoms with Crippen LogP contribution in [0.2, 0.25) is 0 Å². The van der Waals surface area contributed by atoms with Crippen molar-refractivity contribution in [1.29, 1.82) is 0 Å². The zero-order valence-electron chi connectivity index (χ0n) is 12.9. The van der Waals surface area contributed by atoms with Crippen LogP contribution in [0.5, 0.6) is 0 Å². The minimum absolute atomic E-state index is 0.0534. The standard InChI is InChI=1S/C15H31N3O/c1-4-5-9-18-10-7-6-8-14(18)12-17-15(19)13(2)11-16-3/h13-14,16H,4-12H2,1-3H3,(H,17,19). The molecule has 0 aromatic heterocycles. The van der Waals surface area contributed by atoms with Crippen molar-refractivity contribution < 1.29 is 4.79 Å². The molecule has 1 fully saturated rings. The molecule has 0 aliphatic carbocycles. The van der Waals surface area contributed by atoms with E-state index in [0.29, 0.717) is 6.04 Å². The predicted octanol–water partition coefficient (Wildman–Crippen LogP) is 1.61. The van der Waals surface area contributed by atoms with Crippen LogP contribution in [0.3, 0.4) is 0 Å². The first-order valence-electron chi connectivity index (χ1n) is 7.85. The molecule has 4 heteroatoms. The third-order valence-electron chi connectivity index (χ3n) is 4.02. The maximum atomic E-state index is 11.9. The summed E-state index contributed by atoms with van der Waals surface area (Å²) in [5.41, 5.74) is 0. The highest BCUT2D eigenvalue weighted by Gasteiger charge is 2.22. The topological polar surface area (TPSA) is 44.4 Å². The molecular weight excluding hydrogens is 238 g/mol. The summed E-state index contributed by atoms with van der Waals surface area (Å²) in [5, 5.41) is 6.17. The molecule has 0 saturated carbocycles. The lowest BCUT2D eigenvalue weighted by Crippen LogP contribution is -2.48. The number of piperidine rings is 1. The van der Waals surface area contributed by atoms with E-state index in [1.807, 2.05) is 14.0 Å². The molecule has 19 heavy (non-hydrogen) atoms. The van der Waals surface area contributed by atoms with Crippen molar-refractivity contribution in [2.24, 2.45) is 5.92 Å². The summed E-state index contributed by atoms with van der Waals surface area (Å²) in [6.07, 6.45) is 6.35. The number of hydrogen-bond acceptors (Lipinski definition) is 3. The van der Waals surface area contributed by atoms with Crippen molar-refractivity contribution in [3.63, 3.8) is 0 Å². The fourth-order valence-electron chi connectivity index (χ4n) is 2.74. The number of nitrogens with one attached hydrogen (secondary N) is 2. The summed E-state index contributed by atoms with van der Waals surface area (Å²) in [4.78, 5) is 14.5. The molecule has 0 bridgehead atoms. The first-order chi connectivity index (χ1) is 9.19. The average molecular weight is 269 g/mol. The van der Waals surface area contributed by atoms with Gasteiger partial charge in [0.25, 0.3) is 0 Å². The van der Waals surface area contributed by atoms with Crippen molar-refractivity contribution in [2.75, 3.05) is 33.2 Å². The molecule has 0 aromatic carbocycles. The number of nitrogens with zero attached hydrogens (tertiary/aromatic N) is 1. The predicted molar refractivity (Wildman–Crippen MR) is 80.2 cm³/mol. The first-order valence-corrected chi connectivity index (χ1v) is 7.85. The number of carbonyl (C=O) groups excluding carboxylic acids is 1. The Bertz CT molecular complexity index is 258. The van der Waals surface area contributed by atoms with Crippen LogP contribution in [0.25, 0.3) is 0 Å². The van der Waals surface area contributed by atoms with Crippen LogP contribution in [-0.2, 0) is 4.79 Å². The van der Waals surface area contributed by atoms with Crippen LogP contribution in [0, 0.1) is 5.92 Å². The van der Waals surface area contributed by atoms with E-state index >= 15 is 0 Å². The highest BCUT2D eigenvalue weighted by molar-refractivity contribution is 5.78. The molecule has 2 unspecified atom stereocenters. The summed E-state index contributed by atoms with van der Waals surface area (Å²) in [7, 11) is 1.89. The summed E-state index contributed by atoms with van der Waals surface area (Å²) in [5.74, 6) is 0.230. The fraction of sp³-hybridized carbons (Fsp3) is 0.933. The van der Waals surface area contributed by atoms with Crippen molar-refractivity contribution in [3.8, 4) is 0 Å². The summed E-state index contributed by atoms with van der Waals surface area (Å²) < 4.78 is 0. The van der Waals surface area contributed by atoms with Crippen molar-refractivity contribution in [1.82, 2.24) is 15.5 Å². The van der Waals surface area contributed by atoms with Gasteiger partial charge >= 0.3 is 0 Å². The molecule has 1 amide bonds. The Hall–Kier alpha value is -0.610. The zero-order valence-corrected chi connectivity index (χ0v) is 12.9. The SMILES string of the molecule is CCCCN1CCCCC1CNC(=O)C(C)CNC. The van der Waals surface area contributed by atoms with Gasteiger partial charge in [-0.25, -0.2) is 0 Å². The number of carbonyl (C=O) groups is 1. The highest BCUT2D eigenvalue weighted by atomic mass is 16.1. The van der Waals surface area contributed by atoms with E-state index < -0.39 is 0 Å². The largest absolute Gasteiger partial charge is 0.354 e. The number of likely N-dealkylation sites (tertiary alicyclic amines) is 1. The normalized spacial score (nSPS) is 22.2. The van der Waals surface area contributed by atoms with Gasteiger partial charge in [-0.15, -0.1) is 0 Å². The van der Waals surface area contributed by atoms with Crippen molar-refractivity contribution in [2.45, 2.75) is 52.0 Å². The molecule has 0 aromatic rings. The maximum absolute atomic E-state index is 11.9. The summed E-state index contributed by atoms with van der Waals surface area (Å²) >= 11 is 0. The lowest BCUT2D eigenvalue weighted by atomic mass is 10.0. The molecule has 1 rings (SSSR count). The minimum Gasteiger partial charge on any atom is -0.354 e. The Labute approximate surface area is 118 Å². The monoisotopic (exact) mass is 269 g/mol. The van der Waals surface area contributed by atoms with Gasteiger partial charge in [-0.05, 0) is 39.4 Å². The van der Waals surface area contributed by atoms with Gasteiger partial charge in [-0.3, -0.25) is 9.69 Å². The van der Waals surface area contributed by atoms with E-state index in [1.165, 1.54) is 45.2 Å². The summed E-state index contributed by atoms with van der Waals surface area (Å²) in [6, 6.07) is 0.547.